The minimum Gasteiger partial charge on any atom is -0.313 e. The van der Waals surface area contributed by atoms with Crippen molar-refractivity contribution in [3.63, 3.8) is 0 Å². The molecule has 0 radical (unpaired) electrons. The molecule has 0 spiro atoms. The number of benzene rings is 1. The lowest BCUT2D eigenvalue weighted by molar-refractivity contribution is 0.478. The van der Waals surface area contributed by atoms with E-state index < -0.39 is 0 Å². The fourth-order valence-corrected chi connectivity index (χ4v) is 1.29. The molecule has 2 nitrogen and oxygen atoms in total. The lowest BCUT2D eigenvalue weighted by Crippen LogP contribution is -2.14. The standard InChI is InChI=1S/C12H16N2/c1-3-11-4-6-12(7-5-11)8-9-14(2)10-13/h4-7H,3,8-9H2,1-2H3. The first-order valence-corrected chi connectivity index (χ1v) is 4.95. The number of aryl methyl sites for hydroxylation is 1. The van der Waals surface area contributed by atoms with Gasteiger partial charge in [0.1, 0.15) is 0 Å². The summed E-state index contributed by atoms with van der Waals surface area (Å²) in [5, 5.41) is 8.57. The summed E-state index contributed by atoms with van der Waals surface area (Å²) >= 11 is 0. The van der Waals surface area contributed by atoms with Crippen LogP contribution in [0.5, 0.6) is 0 Å². The number of nitrogens with zero attached hydrogens (tertiary/aromatic N) is 2. The molecule has 0 unspecified atom stereocenters. The Kier molecular flexibility index (Phi) is 4.00. The fourth-order valence-electron chi connectivity index (χ4n) is 1.29. The number of nitriles is 1. The van der Waals surface area contributed by atoms with Crippen molar-refractivity contribution in [3.8, 4) is 6.19 Å². The number of hydrogen-bond acceptors (Lipinski definition) is 2. The number of rotatable bonds is 4. The highest BCUT2D eigenvalue weighted by molar-refractivity contribution is 5.22. The van der Waals surface area contributed by atoms with Crippen molar-refractivity contribution < 1.29 is 0 Å². The Balaban J connectivity index is 2.48. The molecule has 0 aliphatic heterocycles. The molecule has 74 valence electrons. The van der Waals surface area contributed by atoms with Gasteiger partial charge in [-0.05, 0) is 24.0 Å². The van der Waals surface area contributed by atoms with E-state index in [1.54, 1.807) is 11.9 Å². The van der Waals surface area contributed by atoms with Gasteiger partial charge in [-0.15, -0.1) is 0 Å². The van der Waals surface area contributed by atoms with E-state index in [1.165, 1.54) is 11.1 Å². The average Bonchev–Trinajstić information content (AvgIpc) is 2.26. The molecule has 1 aromatic carbocycles. The molecule has 1 aromatic rings. The van der Waals surface area contributed by atoms with Gasteiger partial charge in [-0.2, -0.15) is 5.26 Å². The van der Waals surface area contributed by atoms with Crippen LogP contribution < -0.4 is 0 Å². The van der Waals surface area contributed by atoms with Gasteiger partial charge in [0.2, 0.25) is 0 Å². The second kappa shape index (κ2) is 5.29. The summed E-state index contributed by atoms with van der Waals surface area (Å²) in [7, 11) is 1.81. The summed E-state index contributed by atoms with van der Waals surface area (Å²) in [6.07, 6.45) is 4.11. The second-order valence-corrected chi connectivity index (χ2v) is 3.44. The van der Waals surface area contributed by atoms with E-state index >= 15 is 0 Å². The molecule has 0 fully saturated rings. The van der Waals surface area contributed by atoms with E-state index in [0.717, 1.165) is 19.4 Å². The van der Waals surface area contributed by atoms with Crippen LogP contribution in [-0.2, 0) is 12.8 Å². The SMILES string of the molecule is CCc1ccc(CCN(C)C#N)cc1. The van der Waals surface area contributed by atoms with Crippen LogP contribution in [0.15, 0.2) is 24.3 Å². The van der Waals surface area contributed by atoms with Gasteiger partial charge in [-0.1, -0.05) is 31.2 Å². The largest absolute Gasteiger partial charge is 0.313 e. The molecule has 0 saturated carbocycles. The first kappa shape index (κ1) is 10.6. The molecule has 0 aromatic heterocycles. The normalized spacial score (nSPS) is 9.50. The molecule has 0 bridgehead atoms. The fraction of sp³-hybridized carbons (Fsp3) is 0.417. The quantitative estimate of drug-likeness (QED) is 0.535. The van der Waals surface area contributed by atoms with Gasteiger partial charge in [0.25, 0.3) is 0 Å². The van der Waals surface area contributed by atoms with Crippen LogP contribution in [0.25, 0.3) is 0 Å². The molecular formula is C12H16N2. The van der Waals surface area contributed by atoms with Crippen molar-refractivity contribution in [2.24, 2.45) is 0 Å². The Morgan fingerprint density at radius 3 is 2.29 bits per heavy atom. The summed E-state index contributed by atoms with van der Waals surface area (Å²) in [6.45, 7) is 2.94. The molecule has 0 atom stereocenters. The molecule has 2 heteroatoms. The Morgan fingerprint density at radius 1 is 1.21 bits per heavy atom. The topological polar surface area (TPSA) is 27.0 Å². The Hall–Kier alpha value is -1.49. The monoisotopic (exact) mass is 188 g/mol. The lowest BCUT2D eigenvalue weighted by atomic mass is 10.1. The highest BCUT2D eigenvalue weighted by Gasteiger charge is 1.96. The third kappa shape index (κ3) is 3.10. The molecule has 0 aliphatic carbocycles. The van der Waals surface area contributed by atoms with Crippen LogP contribution in [-0.4, -0.2) is 18.5 Å². The summed E-state index contributed by atoms with van der Waals surface area (Å²) in [6, 6.07) is 8.59. The van der Waals surface area contributed by atoms with Crippen LogP contribution in [0.2, 0.25) is 0 Å². The number of hydrogen-bond donors (Lipinski definition) is 0. The van der Waals surface area contributed by atoms with Gasteiger partial charge >= 0.3 is 0 Å². The maximum absolute atomic E-state index is 8.57. The zero-order chi connectivity index (χ0) is 10.4. The van der Waals surface area contributed by atoms with Crippen molar-refractivity contribution in [3.05, 3.63) is 35.4 Å². The molecule has 0 saturated heterocycles. The zero-order valence-electron chi connectivity index (χ0n) is 8.83. The minimum atomic E-state index is 0.794. The predicted molar refractivity (Wildman–Crippen MR) is 57.8 cm³/mol. The van der Waals surface area contributed by atoms with Crippen molar-refractivity contribution in [1.82, 2.24) is 4.90 Å². The van der Waals surface area contributed by atoms with E-state index in [1.807, 2.05) is 0 Å². The van der Waals surface area contributed by atoms with E-state index in [4.69, 9.17) is 5.26 Å². The summed E-state index contributed by atoms with van der Waals surface area (Å²) in [5.74, 6) is 0. The molecule has 14 heavy (non-hydrogen) atoms. The Morgan fingerprint density at radius 2 is 1.79 bits per heavy atom. The van der Waals surface area contributed by atoms with E-state index in [2.05, 4.69) is 37.4 Å². The maximum Gasteiger partial charge on any atom is 0.179 e. The Bertz CT molecular complexity index is 308. The van der Waals surface area contributed by atoms with Crippen molar-refractivity contribution >= 4 is 0 Å². The van der Waals surface area contributed by atoms with Crippen molar-refractivity contribution in [1.29, 1.82) is 5.26 Å². The first-order chi connectivity index (χ1) is 6.76. The van der Waals surface area contributed by atoms with E-state index in [0.29, 0.717) is 0 Å². The molecule has 0 heterocycles. The molecule has 0 N–H and O–H groups in total. The van der Waals surface area contributed by atoms with Crippen LogP contribution in [0.4, 0.5) is 0 Å². The van der Waals surface area contributed by atoms with Gasteiger partial charge in [0, 0.05) is 13.6 Å². The van der Waals surface area contributed by atoms with E-state index in [9.17, 15) is 0 Å². The summed E-state index contributed by atoms with van der Waals surface area (Å²) in [4.78, 5) is 1.65. The van der Waals surface area contributed by atoms with Crippen molar-refractivity contribution in [2.75, 3.05) is 13.6 Å². The van der Waals surface area contributed by atoms with Crippen molar-refractivity contribution in [2.45, 2.75) is 19.8 Å². The summed E-state index contributed by atoms with van der Waals surface area (Å²) in [5.41, 5.74) is 2.66. The molecular weight excluding hydrogens is 172 g/mol. The lowest BCUT2D eigenvalue weighted by Gasteiger charge is -2.08. The van der Waals surface area contributed by atoms with Crippen LogP contribution >= 0.6 is 0 Å². The summed E-state index contributed by atoms with van der Waals surface area (Å²) < 4.78 is 0. The Labute approximate surface area is 85.8 Å². The highest BCUT2D eigenvalue weighted by atomic mass is 15.1. The minimum absolute atomic E-state index is 0.794. The van der Waals surface area contributed by atoms with Gasteiger partial charge in [-0.3, -0.25) is 0 Å². The second-order valence-electron chi connectivity index (χ2n) is 3.44. The maximum atomic E-state index is 8.57. The zero-order valence-corrected chi connectivity index (χ0v) is 8.83. The van der Waals surface area contributed by atoms with Gasteiger partial charge in [0.05, 0.1) is 0 Å². The average molecular weight is 188 g/mol. The van der Waals surface area contributed by atoms with Gasteiger partial charge in [-0.25, -0.2) is 0 Å². The smallest absolute Gasteiger partial charge is 0.179 e. The number of likely N-dealkylation sites (N-methyl/N-ethyl adjacent to an activating group) is 1. The third-order valence-electron chi connectivity index (χ3n) is 2.34. The molecule has 0 amide bonds. The van der Waals surface area contributed by atoms with Crippen LogP contribution in [0.1, 0.15) is 18.1 Å². The van der Waals surface area contributed by atoms with E-state index in [-0.39, 0.29) is 0 Å². The van der Waals surface area contributed by atoms with Crippen LogP contribution in [0.3, 0.4) is 0 Å². The van der Waals surface area contributed by atoms with Gasteiger partial charge in [0.15, 0.2) is 6.19 Å². The highest BCUT2D eigenvalue weighted by Crippen LogP contribution is 2.05. The first-order valence-electron chi connectivity index (χ1n) is 4.95. The van der Waals surface area contributed by atoms with Gasteiger partial charge < -0.3 is 4.90 Å². The third-order valence-corrected chi connectivity index (χ3v) is 2.34. The molecule has 0 aliphatic rings. The molecule has 1 rings (SSSR count). The van der Waals surface area contributed by atoms with Crippen LogP contribution in [0, 0.1) is 11.5 Å². The predicted octanol–water partition coefficient (Wildman–Crippen LogP) is 2.20.